The van der Waals surface area contributed by atoms with Gasteiger partial charge in [0.15, 0.2) is 0 Å². The number of benzene rings is 3. The van der Waals surface area contributed by atoms with Gasteiger partial charge in [-0.05, 0) is 41.5 Å². The molecule has 7 heteroatoms. The van der Waals surface area contributed by atoms with E-state index in [0.29, 0.717) is 11.1 Å². The van der Waals surface area contributed by atoms with Crippen molar-refractivity contribution in [3.8, 4) is 11.1 Å². The van der Waals surface area contributed by atoms with Crippen LogP contribution in [0.4, 0.5) is 13.2 Å². The van der Waals surface area contributed by atoms with Gasteiger partial charge in [0.05, 0.1) is 22.9 Å². The Morgan fingerprint density at radius 3 is 2.33 bits per heavy atom. The molecule has 4 aromatic rings. The van der Waals surface area contributed by atoms with Crippen LogP contribution in [0.25, 0.3) is 28.4 Å². The first-order valence-corrected chi connectivity index (χ1v) is 9.08. The van der Waals surface area contributed by atoms with Gasteiger partial charge in [0.2, 0.25) is 0 Å². The quantitative estimate of drug-likeness (QED) is 0.480. The Balaban J connectivity index is 1.45. The first-order valence-electron chi connectivity index (χ1n) is 9.08. The maximum atomic E-state index is 12.8. The molecule has 1 amide bonds. The van der Waals surface area contributed by atoms with Crippen LogP contribution in [0.1, 0.15) is 15.9 Å². The van der Waals surface area contributed by atoms with Crippen LogP contribution in [0.15, 0.2) is 85.3 Å². The predicted molar refractivity (Wildman–Crippen MR) is 109 cm³/mol. The highest BCUT2D eigenvalue weighted by Crippen LogP contribution is 2.31. The molecule has 0 saturated carbocycles. The number of carbonyl (C=O) groups is 1. The molecule has 1 aromatic heterocycles. The number of halogens is 3. The number of nitrogens with zero attached hydrogens (tertiary/aromatic N) is 2. The van der Waals surface area contributed by atoms with E-state index in [-0.39, 0.29) is 11.4 Å². The first kappa shape index (κ1) is 19.4. The highest BCUT2D eigenvalue weighted by Gasteiger charge is 2.30. The summed E-state index contributed by atoms with van der Waals surface area (Å²) in [7, 11) is 0. The van der Waals surface area contributed by atoms with Crippen LogP contribution >= 0.6 is 0 Å². The SMILES string of the molecule is O=C(NC=Cn1cnc2cc(C(F)(F)F)ccc21)c1ccc(-c2ccccc2)cc1. The van der Waals surface area contributed by atoms with Crippen LogP contribution in [0.5, 0.6) is 0 Å². The minimum absolute atomic E-state index is 0.220. The Morgan fingerprint density at radius 1 is 0.933 bits per heavy atom. The van der Waals surface area contributed by atoms with E-state index in [0.717, 1.165) is 23.3 Å². The second kappa shape index (κ2) is 7.87. The van der Waals surface area contributed by atoms with Crippen LogP contribution in [-0.4, -0.2) is 15.5 Å². The summed E-state index contributed by atoms with van der Waals surface area (Å²) >= 11 is 0. The number of imidazole rings is 1. The number of alkyl halides is 3. The van der Waals surface area contributed by atoms with E-state index in [1.54, 1.807) is 12.1 Å². The zero-order valence-electron chi connectivity index (χ0n) is 15.6. The highest BCUT2D eigenvalue weighted by molar-refractivity contribution is 5.95. The minimum Gasteiger partial charge on any atom is -0.327 e. The summed E-state index contributed by atoms with van der Waals surface area (Å²) in [6, 6.07) is 20.4. The molecule has 4 nitrogen and oxygen atoms in total. The first-order chi connectivity index (χ1) is 14.4. The molecule has 0 aliphatic carbocycles. The molecule has 30 heavy (non-hydrogen) atoms. The van der Waals surface area contributed by atoms with E-state index in [4.69, 9.17) is 0 Å². The number of amides is 1. The summed E-state index contributed by atoms with van der Waals surface area (Å²) in [5.41, 5.74) is 2.52. The second-order valence-corrected chi connectivity index (χ2v) is 6.59. The fraction of sp³-hybridized carbons (Fsp3) is 0.0435. The van der Waals surface area contributed by atoms with E-state index < -0.39 is 11.7 Å². The van der Waals surface area contributed by atoms with Gasteiger partial charge in [-0.1, -0.05) is 42.5 Å². The Bertz CT molecular complexity index is 1210. The third-order valence-corrected chi connectivity index (χ3v) is 4.61. The minimum atomic E-state index is -4.42. The molecule has 0 unspecified atom stereocenters. The summed E-state index contributed by atoms with van der Waals surface area (Å²) in [6.07, 6.45) is -0.0783. The number of nitrogens with one attached hydrogen (secondary N) is 1. The van der Waals surface area contributed by atoms with Gasteiger partial charge in [-0.15, -0.1) is 0 Å². The van der Waals surface area contributed by atoms with Gasteiger partial charge in [-0.3, -0.25) is 4.79 Å². The monoisotopic (exact) mass is 407 g/mol. The Labute approximate surface area is 170 Å². The van der Waals surface area contributed by atoms with Crippen molar-refractivity contribution in [3.63, 3.8) is 0 Å². The van der Waals surface area contributed by atoms with E-state index in [1.165, 1.54) is 29.4 Å². The molecule has 0 atom stereocenters. The molecular weight excluding hydrogens is 391 g/mol. The van der Waals surface area contributed by atoms with E-state index in [2.05, 4.69) is 10.3 Å². The van der Waals surface area contributed by atoms with Crippen molar-refractivity contribution in [2.45, 2.75) is 6.18 Å². The summed E-state index contributed by atoms with van der Waals surface area (Å²) in [5, 5.41) is 2.65. The zero-order chi connectivity index (χ0) is 21.1. The van der Waals surface area contributed by atoms with Crippen molar-refractivity contribution < 1.29 is 18.0 Å². The molecule has 0 aliphatic heterocycles. The van der Waals surface area contributed by atoms with Gasteiger partial charge in [0.1, 0.15) is 0 Å². The molecular formula is C23H16F3N3O. The summed E-state index contributed by atoms with van der Waals surface area (Å²) in [6.45, 7) is 0. The third-order valence-electron chi connectivity index (χ3n) is 4.61. The molecule has 3 aromatic carbocycles. The summed E-state index contributed by atoms with van der Waals surface area (Å²) in [4.78, 5) is 16.3. The average molecular weight is 407 g/mol. The number of fused-ring (bicyclic) bond motifs is 1. The Hall–Kier alpha value is -3.87. The van der Waals surface area contributed by atoms with Crippen molar-refractivity contribution in [3.05, 3.63) is 96.5 Å². The maximum absolute atomic E-state index is 12.8. The number of rotatable bonds is 4. The van der Waals surface area contributed by atoms with Crippen LogP contribution in [0.3, 0.4) is 0 Å². The molecule has 0 radical (unpaired) electrons. The van der Waals surface area contributed by atoms with E-state index in [9.17, 15) is 18.0 Å². The molecule has 0 fully saturated rings. The van der Waals surface area contributed by atoms with Crippen LogP contribution < -0.4 is 5.32 Å². The molecule has 1 heterocycles. The predicted octanol–water partition coefficient (Wildman–Crippen LogP) is 5.58. The Morgan fingerprint density at radius 2 is 1.63 bits per heavy atom. The van der Waals surface area contributed by atoms with Gasteiger partial charge in [-0.2, -0.15) is 13.2 Å². The lowest BCUT2D eigenvalue weighted by molar-refractivity contribution is -0.137. The molecule has 150 valence electrons. The van der Waals surface area contributed by atoms with Crippen molar-refractivity contribution in [2.75, 3.05) is 0 Å². The summed E-state index contributed by atoms with van der Waals surface area (Å²) in [5.74, 6) is -0.297. The fourth-order valence-corrected chi connectivity index (χ4v) is 3.05. The highest BCUT2D eigenvalue weighted by atomic mass is 19.4. The molecule has 0 saturated heterocycles. The lowest BCUT2D eigenvalue weighted by Gasteiger charge is -2.06. The lowest BCUT2D eigenvalue weighted by Crippen LogP contribution is -2.17. The van der Waals surface area contributed by atoms with Gasteiger partial charge >= 0.3 is 6.18 Å². The molecule has 1 N–H and O–H groups in total. The lowest BCUT2D eigenvalue weighted by atomic mass is 10.0. The van der Waals surface area contributed by atoms with Crippen LogP contribution in [0, 0.1) is 0 Å². The standard InChI is InChI=1S/C23H16F3N3O/c24-23(25,26)19-10-11-21-20(14-19)28-15-29(21)13-12-27-22(30)18-8-6-17(7-9-18)16-4-2-1-3-5-16/h1-15H,(H,27,30). The van der Waals surface area contributed by atoms with Gasteiger partial charge in [0.25, 0.3) is 5.91 Å². The number of hydrogen-bond acceptors (Lipinski definition) is 2. The van der Waals surface area contributed by atoms with Crippen LogP contribution in [0.2, 0.25) is 0 Å². The normalized spacial score (nSPS) is 11.8. The smallest absolute Gasteiger partial charge is 0.327 e. The van der Waals surface area contributed by atoms with Crippen molar-refractivity contribution >= 4 is 23.1 Å². The van der Waals surface area contributed by atoms with Gasteiger partial charge in [-0.25, -0.2) is 4.98 Å². The summed E-state index contributed by atoms with van der Waals surface area (Å²) < 4.78 is 39.9. The van der Waals surface area contributed by atoms with Crippen molar-refractivity contribution in [2.24, 2.45) is 0 Å². The number of aromatic nitrogens is 2. The van der Waals surface area contributed by atoms with Crippen LogP contribution in [-0.2, 0) is 6.18 Å². The van der Waals surface area contributed by atoms with Gasteiger partial charge in [0, 0.05) is 18.0 Å². The largest absolute Gasteiger partial charge is 0.416 e. The topological polar surface area (TPSA) is 46.9 Å². The van der Waals surface area contributed by atoms with E-state index >= 15 is 0 Å². The maximum Gasteiger partial charge on any atom is 0.416 e. The van der Waals surface area contributed by atoms with Crippen molar-refractivity contribution in [1.29, 1.82) is 0 Å². The molecule has 0 aliphatic rings. The number of hydrogen-bond donors (Lipinski definition) is 1. The second-order valence-electron chi connectivity index (χ2n) is 6.59. The molecule has 4 rings (SSSR count). The van der Waals surface area contributed by atoms with E-state index in [1.807, 2.05) is 42.5 Å². The molecule has 0 spiro atoms. The zero-order valence-corrected chi connectivity index (χ0v) is 15.6. The number of carbonyl (C=O) groups excluding carboxylic acids is 1. The average Bonchev–Trinajstić information content (AvgIpc) is 3.16. The van der Waals surface area contributed by atoms with Gasteiger partial charge < -0.3 is 9.88 Å². The fourth-order valence-electron chi connectivity index (χ4n) is 3.05. The third kappa shape index (κ3) is 4.10. The molecule has 0 bridgehead atoms. The van der Waals surface area contributed by atoms with Crippen molar-refractivity contribution in [1.82, 2.24) is 14.9 Å². The Kier molecular flexibility index (Phi) is 5.10.